The number of ether oxygens (including phenoxy) is 2. The Morgan fingerprint density at radius 2 is 1.22 bits per heavy atom. The zero-order valence-electron chi connectivity index (χ0n) is 37.2. The van der Waals surface area contributed by atoms with E-state index >= 15 is 0 Å². The van der Waals surface area contributed by atoms with Crippen molar-refractivity contribution in [3.63, 3.8) is 0 Å². The van der Waals surface area contributed by atoms with E-state index in [9.17, 15) is 0 Å². The molecule has 0 radical (unpaired) electrons. The maximum atomic E-state index is 7.40. The summed E-state index contributed by atoms with van der Waals surface area (Å²) in [5.74, 6) is 9.69. The molecule has 20 unspecified atom stereocenters. The summed E-state index contributed by atoms with van der Waals surface area (Å²) in [5.41, 5.74) is 3.97. The Kier molecular flexibility index (Phi) is 10.7. The zero-order valence-corrected chi connectivity index (χ0v) is 37.2. The molecule has 10 fully saturated rings. The molecule has 0 N–H and O–H groups in total. The molecule has 0 bridgehead atoms. The minimum Gasteiger partial charge on any atom is -0.373 e. The van der Waals surface area contributed by atoms with Crippen LogP contribution < -0.4 is 0 Å². The van der Waals surface area contributed by atoms with Crippen molar-refractivity contribution in [2.75, 3.05) is 0 Å². The zero-order chi connectivity index (χ0) is 38.5. The molecule has 12 aliphatic rings. The van der Waals surface area contributed by atoms with E-state index in [2.05, 4.69) is 35.8 Å². The third-order valence-corrected chi connectivity index (χ3v) is 21.1. The Labute approximate surface area is 354 Å². The summed E-state index contributed by atoms with van der Waals surface area (Å²) in [6.07, 6.45) is 47.2. The standard InChI is InChI=1S/C54H84N2O2/c1-33-11-7-13-37(31-33)55(47-19-9-17-41-39-15-3-5-21-49(39)57-53(41)47)45-29-25-35-24-28-44-46(30-26-36-23-27-43(45)51(35)52(36)44)56(38-14-8-12-34(2)32-38)48-20-10-18-42-40-16-4-6-22-50(40)58-54(42)48/h5,21,33-42,44,46-54H,3-4,6-20,22-32H2,1-2H3. The number of hydrogen-bond acceptors (Lipinski definition) is 4. The molecular formula is C54H84N2O2. The van der Waals surface area contributed by atoms with E-state index in [1.54, 1.807) is 0 Å². The molecule has 0 aromatic heterocycles. The van der Waals surface area contributed by atoms with E-state index in [1.807, 2.05) is 11.3 Å². The van der Waals surface area contributed by atoms with Gasteiger partial charge in [0.05, 0.1) is 30.5 Å². The Balaban J connectivity index is 0.895. The van der Waals surface area contributed by atoms with Crippen LogP contribution in [0.25, 0.3) is 0 Å². The van der Waals surface area contributed by atoms with Crippen LogP contribution in [0.5, 0.6) is 0 Å². The Morgan fingerprint density at radius 3 is 2.09 bits per heavy atom. The van der Waals surface area contributed by atoms with Crippen molar-refractivity contribution in [3.8, 4) is 0 Å². The number of hydrogen-bond donors (Lipinski definition) is 0. The van der Waals surface area contributed by atoms with Gasteiger partial charge in [-0.1, -0.05) is 77.4 Å². The summed E-state index contributed by atoms with van der Waals surface area (Å²) >= 11 is 0. The number of nitrogens with zero attached hydrogens (tertiary/aromatic N) is 2. The van der Waals surface area contributed by atoms with E-state index in [0.717, 1.165) is 83.2 Å². The highest BCUT2D eigenvalue weighted by Crippen LogP contribution is 2.62. The molecule has 8 saturated carbocycles. The van der Waals surface area contributed by atoms with Crippen LogP contribution in [0.2, 0.25) is 0 Å². The van der Waals surface area contributed by atoms with E-state index < -0.39 is 0 Å². The number of fused-ring (bicyclic) bond motifs is 6. The van der Waals surface area contributed by atoms with Gasteiger partial charge in [-0.05, 0) is 199 Å². The van der Waals surface area contributed by atoms with Crippen molar-refractivity contribution in [1.82, 2.24) is 9.80 Å². The maximum absolute atomic E-state index is 7.40. The Bertz CT molecular complexity index is 1540. The Morgan fingerprint density at radius 1 is 0.517 bits per heavy atom. The smallest absolute Gasteiger partial charge is 0.0818 e. The second kappa shape index (κ2) is 16.1. The fraction of sp³-hybridized carbons (Fsp3) is 0.926. The maximum Gasteiger partial charge on any atom is 0.0818 e. The van der Waals surface area contributed by atoms with Gasteiger partial charge in [0.25, 0.3) is 0 Å². The van der Waals surface area contributed by atoms with Gasteiger partial charge in [0.2, 0.25) is 0 Å². The van der Waals surface area contributed by atoms with E-state index in [0.29, 0.717) is 36.5 Å². The summed E-state index contributed by atoms with van der Waals surface area (Å²) in [7, 11) is 0. The van der Waals surface area contributed by atoms with Crippen LogP contribution in [0.4, 0.5) is 0 Å². The molecule has 58 heavy (non-hydrogen) atoms. The van der Waals surface area contributed by atoms with Gasteiger partial charge < -0.3 is 14.4 Å². The first-order valence-corrected chi connectivity index (χ1v) is 26.8. The molecule has 0 aromatic rings. The first-order chi connectivity index (χ1) is 28.6. The summed E-state index contributed by atoms with van der Waals surface area (Å²) in [6, 6.07) is 3.64. The van der Waals surface area contributed by atoms with Crippen LogP contribution in [0.3, 0.4) is 0 Å². The SMILES string of the molecule is CC1CCCC(N(C2=C3CCC4CCC(N(C5CCCC(C)C5)C5CCCC6C7CCCCC7OC65)C5CCC(CC2)C3C45)C2CCCC3C4CCC=CC4OC32)C1. The van der Waals surface area contributed by atoms with Gasteiger partial charge in [-0.25, -0.2) is 0 Å². The minimum absolute atomic E-state index is 0.395. The van der Waals surface area contributed by atoms with Crippen LogP contribution in [0.1, 0.15) is 194 Å². The van der Waals surface area contributed by atoms with E-state index in [4.69, 9.17) is 9.47 Å². The minimum atomic E-state index is 0.395. The van der Waals surface area contributed by atoms with Crippen LogP contribution >= 0.6 is 0 Å². The molecule has 12 rings (SSSR count). The highest BCUT2D eigenvalue weighted by atomic mass is 16.5. The van der Waals surface area contributed by atoms with Crippen LogP contribution in [0, 0.1) is 65.1 Å². The Hall–Kier alpha value is -0.840. The lowest BCUT2D eigenvalue weighted by Gasteiger charge is -2.62. The molecular weight excluding hydrogens is 709 g/mol. The fourth-order valence-electron chi connectivity index (χ4n) is 19.1. The van der Waals surface area contributed by atoms with Crippen molar-refractivity contribution < 1.29 is 9.47 Å². The molecule has 0 amide bonds. The first kappa shape index (κ1) is 38.8. The van der Waals surface area contributed by atoms with Crippen molar-refractivity contribution >= 4 is 0 Å². The molecule has 10 aliphatic carbocycles. The van der Waals surface area contributed by atoms with Crippen LogP contribution in [-0.2, 0) is 9.47 Å². The normalized spacial score (nSPS) is 52.3. The van der Waals surface area contributed by atoms with Gasteiger partial charge in [0.15, 0.2) is 0 Å². The van der Waals surface area contributed by atoms with Crippen molar-refractivity contribution in [1.29, 1.82) is 0 Å². The molecule has 4 nitrogen and oxygen atoms in total. The molecule has 0 aromatic carbocycles. The topological polar surface area (TPSA) is 24.9 Å². The predicted molar refractivity (Wildman–Crippen MR) is 235 cm³/mol. The van der Waals surface area contributed by atoms with E-state index in [1.165, 1.54) is 180 Å². The van der Waals surface area contributed by atoms with Crippen LogP contribution in [-0.4, -0.2) is 64.4 Å². The molecule has 2 saturated heterocycles. The molecule has 4 heteroatoms. The lowest BCUT2D eigenvalue weighted by Crippen LogP contribution is -2.63. The molecule has 0 spiro atoms. The van der Waals surface area contributed by atoms with Gasteiger partial charge in [-0.3, -0.25) is 4.90 Å². The monoisotopic (exact) mass is 793 g/mol. The molecule has 2 aliphatic heterocycles. The van der Waals surface area contributed by atoms with Gasteiger partial charge in [-0.15, -0.1) is 0 Å². The quantitative estimate of drug-likeness (QED) is 0.250. The first-order valence-electron chi connectivity index (χ1n) is 26.8. The van der Waals surface area contributed by atoms with Crippen molar-refractivity contribution in [2.45, 2.75) is 248 Å². The largest absolute Gasteiger partial charge is 0.373 e. The van der Waals surface area contributed by atoms with Gasteiger partial charge in [0.1, 0.15) is 0 Å². The van der Waals surface area contributed by atoms with Crippen molar-refractivity contribution in [3.05, 3.63) is 23.4 Å². The third kappa shape index (κ3) is 6.55. The van der Waals surface area contributed by atoms with Crippen molar-refractivity contribution in [2.24, 2.45) is 65.1 Å². The van der Waals surface area contributed by atoms with Gasteiger partial charge >= 0.3 is 0 Å². The summed E-state index contributed by atoms with van der Waals surface area (Å²) in [5, 5.41) is 0. The van der Waals surface area contributed by atoms with Gasteiger partial charge in [0, 0.05) is 29.9 Å². The van der Waals surface area contributed by atoms with Gasteiger partial charge in [-0.2, -0.15) is 0 Å². The fourth-order valence-corrected chi connectivity index (χ4v) is 19.1. The molecule has 322 valence electrons. The summed E-state index contributed by atoms with van der Waals surface area (Å²) < 4.78 is 14.7. The number of allylic oxidation sites excluding steroid dienone is 3. The lowest BCUT2D eigenvalue weighted by atomic mass is 9.49. The molecule has 2 heterocycles. The predicted octanol–water partition coefficient (Wildman–Crippen LogP) is 12.7. The number of rotatable bonds is 6. The average molecular weight is 793 g/mol. The second-order valence-electron chi connectivity index (χ2n) is 23.9. The highest BCUT2D eigenvalue weighted by Gasteiger charge is 2.59. The summed E-state index contributed by atoms with van der Waals surface area (Å²) in [4.78, 5) is 6.65. The lowest BCUT2D eigenvalue weighted by molar-refractivity contribution is -0.122. The van der Waals surface area contributed by atoms with Crippen LogP contribution in [0.15, 0.2) is 23.4 Å². The van der Waals surface area contributed by atoms with E-state index in [-0.39, 0.29) is 0 Å². The highest BCUT2D eigenvalue weighted by molar-refractivity contribution is 5.29. The second-order valence-corrected chi connectivity index (χ2v) is 23.9. The molecule has 20 atom stereocenters. The third-order valence-electron chi connectivity index (χ3n) is 21.1. The average Bonchev–Trinajstić information content (AvgIpc) is 3.84. The summed E-state index contributed by atoms with van der Waals surface area (Å²) in [6.45, 7) is 5.19.